The molecule has 1 aromatic heterocycles. The van der Waals surface area contributed by atoms with Gasteiger partial charge < -0.3 is 5.32 Å². The van der Waals surface area contributed by atoms with Crippen molar-refractivity contribution < 1.29 is 8.42 Å². The molecule has 84 valence electrons. The quantitative estimate of drug-likeness (QED) is 0.863. The van der Waals surface area contributed by atoms with Crippen LogP contribution >= 0.6 is 11.3 Å². The fraction of sp³-hybridized carbons (Fsp3) is 0.600. The fourth-order valence-electron chi connectivity index (χ4n) is 1.81. The molecule has 0 bridgehead atoms. The molecule has 2 rings (SSSR count). The molecule has 1 unspecified atom stereocenters. The SMILES string of the molecule is O=S1(=O)CCC(NCCc2cccs2)C1. The predicted octanol–water partition coefficient (Wildman–Crippen LogP) is 1.07. The van der Waals surface area contributed by atoms with Crippen LogP contribution in [0.15, 0.2) is 17.5 Å². The normalized spacial score (nSPS) is 24.4. The topological polar surface area (TPSA) is 46.2 Å². The fourth-order valence-corrected chi connectivity index (χ4v) is 4.23. The van der Waals surface area contributed by atoms with Gasteiger partial charge in [-0.15, -0.1) is 11.3 Å². The summed E-state index contributed by atoms with van der Waals surface area (Å²) in [6.45, 7) is 0.876. The van der Waals surface area contributed by atoms with Crippen LogP contribution in [0.25, 0.3) is 0 Å². The van der Waals surface area contributed by atoms with Crippen molar-refractivity contribution in [2.75, 3.05) is 18.1 Å². The second-order valence-electron chi connectivity index (χ2n) is 3.88. The van der Waals surface area contributed by atoms with Crippen LogP contribution in [0.5, 0.6) is 0 Å². The Morgan fingerprint density at radius 1 is 1.53 bits per heavy atom. The number of sulfone groups is 1. The van der Waals surface area contributed by atoms with Gasteiger partial charge in [0.15, 0.2) is 9.84 Å². The summed E-state index contributed by atoms with van der Waals surface area (Å²) in [6.07, 6.45) is 1.76. The van der Waals surface area contributed by atoms with Gasteiger partial charge in [-0.1, -0.05) is 6.07 Å². The van der Waals surface area contributed by atoms with Crippen LogP contribution in [-0.2, 0) is 16.3 Å². The maximum absolute atomic E-state index is 11.2. The van der Waals surface area contributed by atoms with Gasteiger partial charge in [-0.2, -0.15) is 0 Å². The minimum atomic E-state index is -2.74. The molecule has 1 N–H and O–H groups in total. The van der Waals surface area contributed by atoms with Gasteiger partial charge in [0.05, 0.1) is 11.5 Å². The van der Waals surface area contributed by atoms with Crippen LogP contribution < -0.4 is 5.32 Å². The molecule has 0 aliphatic carbocycles. The summed E-state index contributed by atoms with van der Waals surface area (Å²) in [6, 6.07) is 4.33. The van der Waals surface area contributed by atoms with Crippen molar-refractivity contribution in [2.24, 2.45) is 0 Å². The Morgan fingerprint density at radius 3 is 3.00 bits per heavy atom. The minimum Gasteiger partial charge on any atom is -0.313 e. The molecule has 0 spiro atoms. The first-order valence-corrected chi connectivity index (χ1v) is 7.82. The lowest BCUT2D eigenvalue weighted by Crippen LogP contribution is -2.31. The molecule has 1 saturated heterocycles. The first-order valence-electron chi connectivity index (χ1n) is 5.12. The maximum Gasteiger partial charge on any atom is 0.151 e. The van der Waals surface area contributed by atoms with E-state index in [0.717, 1.165) is 19.4 Å². The zero-order valence-corrected chi connectivity index (χ0v) is 10.1. The van der Waals surface area contributed by atoms with Crippen LogP contribution in [-0.4, -0.2) is 32.5 Å². The molecule has 3 nitrogen and oxygen atoms in total. The molecule has 1 aliphatic heterocycles. The van der Waals surface area contributed by atoms with E-state index in [1.165, 1.54) is 4.88 Å². The third-order valence-corrected chi connectivity index (χ3v) is 5.32. The van der Waals surface area contributed by atoms with E-state index < -0.39 is 9.84 Å². The maximum atomic E-state index is 11.2. The zero-order chi connectivity index (χ0) is 10.7. The van der Waals surface area contributed by atoms with Gasteiger partial charge in [0, 0.05) is 17.5 Å². The van der Waals surface area contributed by atoms with Crippen molar-refractivity contribution in [3.05, 3.63) is 22.4 Å². The second kappa shape index (κ2) is 4.63. The first kappa shape index (κ1) is 11.1. The molecule has 0 saturated carbocycles. The molecule has 1 aromatic rings. The number of nitrogens with one attached hydrogen (secondary N) is 1. The minimum absolute atomic E-state index is 0.176. The molecule has 1 fully saturated rings. The summed E-state index contributed by atoms with van der Waals surface area (Å²) >= 11 is 1.75. The van der Waals surface area contributed by atoms with Gasteiger partial charge in [0.1, 0.15) is 0 Å². The Kier molecular flexibility index (Phi) is 3.43. The van der Waals surface area contributed by atoms with Gasteiger partial charge in [0.2, 0.25) is 0 Å². The monoisotopic (exact) mass is 245 g/mol. The lowest BCUT2D eigenvalue weighted by atomic mass is 10.2. The number of hydrogen-bond acceptors (Lipinski definition) is 4. The lowest BCUT2D eigenvalue weighted by molar-refractivity contribution is 0.558. The van der Waals surface area contributed by atoms with Gasteiger partial charge in [-0.05, 0) is 24.3 Å². The van der Waals surface area contributed by atoms with Crippen molar-refractivity contribution in [2.45, 2.75) is 18.9 Å². The Balaban J connectivity index is 1.71. The van der Waals surface area contributed by atoms with E-state index in [-0.39, 0.29) is 6.04 Å². The molecule has 1 atom stereocenters. The van der Waals surface area contributed by atoms with Crippen molar-refractivity contribution in [1.29, 1.82) is 0 Å². The highest BCUT2D eigenvalue weighted by atomic mass is 32.2. The van der Waals surface area contributed by atoms with Gasteiger partial charge in [0.25, 0.3) is 0 Å². The first-order chi connectivity index (χ1) is 7.16. The zero-order valence-electron chi connectivity index (χ0n) is 8.48. The molecule has 0 aromatic carbocycles. The summed E-state index contributed by atoms with van der Waals surface area (Å²) in [5, 5.41) is 5.37. The number of thiophene rings is 1. The highest BCUT2D eigenvalue weighted by Gasteiger charge is 2.26. The van der Waals surface area contributed by atoms with Crippen LogP contribution in [0.3, 0.4) is 0 Å². The van der Waals surface area contributed by atoms with Gasteiger partial charge in [-0.25, -0.2) is 8.42 Å². The molecule has 0 amide bonds. The summed E-state index contributed by atoms with van der Waals surface area (Å²) in [5.74, 6) is 0.668. The standard InChI is InChI=1S/C10H15NO2S2/c12-15(13)7-4-9(8-15)11-5-3-10-2-1-6-14-10/h1-2,6,9,11H,3-5,7-8H2. The van der Waals surface area contributed by atoms with Crippen molar-refractivity contribution in [1.82, 2.24) is 5.32 Å². The number of hydrogen-bond donors (Lipinski definition) is 1. The van der Waals surface area contributed by atoms with E-state index in [2.05, 4.69) is 16.8 Å². The Morgan fingerprint density at radius 2 is 2.40 bits per heavy atom. The molecule has 2 heterocycles. The highest BCUT2D eigenvalue weighted by molar-refractivity contribution is 7.91. The van der Waals surface area contributed by atoms with Crippen LogP contribution in [0.1, 0.15) is 11.3 Å². The highest BCUT2D eigenvalue weighted by Crippen LogP contribution is 2.12. The Bertz CT molecular complexity index is 397. The Hall–Kier alpha value is -0.390. The van der Waals surface area contributed by atoms with E-state index >= 15 is 0 Å². The van der Waals surface area contributed by atoms with Crippen molar-refractivity contribution in [3.8, 4) is 0 Å². The molecule has 15 heavy (non-hydrogen) atoms. The van der Waals surface area contributed by atoms with Crippen LogP contribution in [0, 0.1) is 0 Å². The average molecular weight is 245 g/mol. The summed E-state index contributed by atoms with van der Waals surface area (Å²) in [7, 11) is -2.74. The average Bonchev–Trinajstić information content (AvgIpc) is 2.76. The second-order valence-corrected chi connectivity index (χ2v) is 7.14. The third kappa shape index (κ3) is 3.29. The molecule has 5 heteroatoms. The molecular weight excluding hydrogens is 230 g/mol. The lowest BCUT2D eigenvalue weighted by Gasteiger charge is -2.09. The van der Waals surface area contributed by atoms with E-state index in [0.29, 0.717) is 11.5 Å². The Labute approximate surface area is 94.4 Å². The van der Waals surface area contributed by atoms with E-state index in [1.807, 2.05) is 6.07 Å². The van der Waals surface area contributed by atoms with Gasteiger partial charge in [-0.3, -0.25) is 0 Å². The third-order valence-electron chi connectivity index (χ3n) is 2.62. The number of rotatable bonds is 4. The van der Waals surface area contributed by atoms with Crippen LogP contribution in [0.2, 0.25) is 0 Å². The van der Waals surface area contributed by atoms with E-state index in [1.54, 1.807) is 11.3 Å². The summed E-state index contributed by atoms with van der Waals surface area (Å²) in [5.41, 5.74) is 0. The summed E-state index contributed by atoms with van der Waals surface area (Å²) in [4.78, 5) is 1.35. The largest absolute Gasteiger partial charge is 0.313 e. The van der Waals surface area contributed by atoms with Crippen LogP contribution in [0.4, 0.5) is 0 Å². The predicted molar refractivity (Wildman–Crippen MR) is 63.1 cm³/mol. The van der Waals surface area contributed by atoms with Gasteiger partial charge >= 0.3 is 0 Å². The van der Waals surface area contributed by atoms with Crippen molar-refractivity contribution in [3.63, 3.8) is 0 Å². The molecule has 1 aliphatic rings. The summed E-state index contributed by atoms with van der Waals surface area (Å²) < 4.78 is 22.4. The van der Waals surface area contributed by atoms with E-state index in [4.69, 9.17) is 0 Å². The smallest absolute Gasteiger partial charge is 0.151 e. The van der Waals surface area contributed by atoms with E-state index in [9.17, 15) is 8.42 Å². The molecular formula is C10H15NO2S2. The molecule has 0 radical (unpaired) electrons. The van der Waals surface area contributed by atoms with Crippen molar-refractivity contribution >= 4 is 21.2 Å².